The van der Waals surface area contributed by atoms with Crippen LogP contribution >= 0.6 is 0 Å². The van der Waals surface area contributed by atoms with Gasteiger partial charge in [-0.1, -0.05) is 25.1 Å². The zero-order valence-electron chi connectivity index (χ0n) is 19.3. The highest BCUT2D eigenvalue weighted by molar-refractivity contribution is 6.42. The largest absolute Gasteiger partial charge is 0.381 e. The lowest BCUT2D eigenvalue weighted by molar-refractivity contribution is 0.00874. The SMILES string of the molecule is CCc1cc(C#N)cc(-c2ccc3c(c2)C2(N=C(C)C(=NC)N2)C32CCC(OC)CC2)c1. The number of aliphatic imine (C=N–C) groups is 2. The van der Waals surface area contributed by atoms with Gasteiger partial charge in [-0.3, -0.25) is 9.98 Å². The van der Waals surface area contributed by atoms with Crippen molar-refractivity contribution in [2.75, 3.05) is 14.2 Å². The summed E-state index contributed by atoms with van der Waals surface area (Å²) >= 11 is 0. The number of nitriles is 1. The number of hydrogen-bond donors (Lipinski definition) is 1. The number of rotatable bonds is 3. The molecule has 0 amide bonds. The van der Waals surface area contributed by atoms with Crippen LogP contribution in [0.3, 0.4) is 0 Å². The Labute approximate surface area is 190 Å². The maximum absolute atomic E-state index is 9.50. The summed E-state index contributed by atoms with van der Waals surface area (Å²) in [6, 6.07) is 15.3. The maximum atomic E-state index is 9.50. The minimum atomic E-state index is -0.462. The molecule has 2 aromatic carbocycles. The van der Waals surface area contributed by atoms with Crippen LogP contribution in [-0.4, -0.2) is 31.8 Å². The first-order valence-corrected chi connectivity index (χ1v) is 11.5. The molecule has 5 nitrogen and oxygen atoms in total. The third-order valence-corrected chi connectivity index (χ3v) is 7.80. The number of aryl methyl sites for hydroxylation is 1. The summed E-state index contributed by atoms with van der Waals surface area (Å²) in [7, 11) is 3.64. The van der Waals surface area contributed by atoms with E-state index in [0.717, 1.165) is 54.8 Å². The lowest BCUT2D eigenvalue weighted by atomic mass is 9.50. The molecule has 0 radical (unpaired) electrons. The molecule has 0 saturated heterocycles. The number of hydrogen-bond acceptors (Lipinski definition) is 4. The summed E-state index contributed by atoms with van der Waals surface area (Å²) in [4.78, 5) is 9.70. The fourth-order valence-corrected chi connectivity index (χ4v) is 6.08. The van der Waals surface area contributed by atoms with E-state index in [4.69, 9.17) is 9.73 Å². The molecule has 164 valence electrons. The van der Waals surface area contributed by atoms with Gasteiger partial charge in [0.2, 0.25) is 0 Å². The lowest BCUT2D eigenvalue weighted by Crippen LogP contribution is -2.65. The van der Waals surface area contributed by atoms with E-state index in [0.29, 0.717) is 11.7 Å². The summed E-state index contributed by atoms with van der Waals surface area (Å²) < 4.78 is 5.67. The summed E-state index contributed by atoms with van der Waals surface area (Å²) in [5, 5.41) is 13.2. The molecule has 1 unspecified atom stereocenters. The molecule has 1 heterocycles. The highest BCUT2D eigenvalue weighted by Crippen LogP contribution is 2.63. The summed E-state index contributed by atoms with van der Waals surface area (Å²) in [6.45, 7) is 4.17. The van der Waals surface area contributed by atoms with Gasteiger partial charge in [-0.05, 0) is 79.5 Å². The molecule has 5 heteroatoms. The Morgan fingerprint density at radius 1 is 1.16 bits per heavy atom. The van der Waals surface area contributed by atoms with Crippen LogP contribution in [0.5, 0.6) is 0 Å². The van der Waals surface area contributed by atoms with Gasteiger partial charge in [-0.15, -0.1) is 0 Å². The van der Waals surface area contributed by atoms with Gasteiger partial charge >= 0.3 is 0 Å². The van der Waals surface area contributed by atoms with Crippen LogP contribution in [0.25, 0.3) is 11.1 Å². The van der Waals surface area contributed by atoms with Crippen LogP contribution < -0.4 is 5.32 Å². The first-order valence-electron chi connectivity index (χ1n) is 11.5. The van der Waals surface area contributed by atoms with Crippen molar-refractivity contribution in [1.29, 1.82) is 5.26 Å². The van der Waals surface area contributed by atoms with Crippen molar-refractivity contribution in [1.82, 2.24) is 5.32 Å². The van der Waals surface area contributed by atoms with E-state index < -0.39 is 5.66 Å². The minimum Gasteiger partial charge on any atom is -0.381 e. The fourth-order valence-electron chi connectivity index (χ4n) is 6.08. The number of ether oxygens (including phenoxy) is 1. The highest BCUT2D eigenvalue weighted by atomic mass is 16.5. The van der Waals surface area contributed by atoms with Gasteiger partial charge in [0.15, 0.2) is 5.66 Å². The van der Waals surface area contributed by atoms with Crippen LogP contribution in [0, 0.1) is 11.3 Å². The standard InChI is InChI=1S/C27H30N4O/c1-5-18-12-19(16-28)14-21(13-18)20-6-7-23-24(15-20)27(30-17(2)25(29-3)31-27)26(23)10-8-22(32-4)9-11-26/h6-7,12-15,22H,5,8-11H2,1-4H3,(H,29,31). The Kier molecular flexibility index (Phi) is 4.94. The molecule has 32 heavy (non-hydrogen) atoms. The van der Waals surface area contributed by atoms with Gasteiger partial charge in [0, 0.05) is 25.1 Å². The van der Waals surface area contributed by atoms with E-state index in [9.17, 15) is 5.26 Å². The van der Waals surface area contributed by atoms with Gasteiger partial charge in [0.1, 0.15) is 5.84 Å². The van der Waals surface area contributed by atoms with Crippen molar-refractivity contribution < 1.29 is 4.74 Å². The van der Waals surface area contributed by atoms with Crippen LogP contribution in [0.1, 0.15) is 61.8 Å². The Morgan fingerprint density at radius 3 is 2.56 bits per heavy atom. The van der Waals surface area contributed by atoms with Crippen LogP contribution in [-0.2, 0) is 22.2 Å². The fraction of sp³-hybridized carbons (Fsp3) is 0.444. The number of benzene rings is 2. The normalized spacial score (nSPS) is 29.4. The van der Waals surface area contributed by atoms with E-state index in [2.05, 4.69) is 47.6 Å². The first kappa shape index (κ1) is 20.9. The molecule has 1 N–H and O–H groups in total. The van der Waals surface area contributed by atoms with Crippen molar-refractivity contribution in [3.05, 3.63) is 58.7 Å². The summed E-state index contributed by atoms with van der Waals surface area (Å²) in [6.07, 6.45) is 5.40. The topological polar surface area (TPSA) is 69.8 Å². The Balaban J connectivity index is 1.64. The minimum absolute atomic E-state index is 0.0350. The summed E-state index contributed by atoms with van der Waals surface area (Å²) in [5.74, 6) is 0.883. The Hall–Kier alpha value is -2.97. The molecule has 1 aliphatic heterocycles. The quantitative estimate of drug-likeness (QED) is 0.761. The number of amidine groups is 1. The molecule has 2 spiro atoms. The van der Waals surface area contributed by atoms with E-state index in [1.54, 1.807) is 0 Å². The molecular formula is C27H30N4O. The predicted molar refractivity (Wildman–Crippen MR) is 128 cm³/mol. The van der Waals surface area contributed by atoms with Crippen LogP contribution in [0.15, 0.2) is 46.4 Å². The average molecular weight is 427 g/mol. The second-order valence-corrected chi connectivity index (χ2v) is 9.27. The monoisotopic (exact) mass is 426 g/mol. The van der Waals surface area contributed by atoms with Crippen LogP contribution in [0.2, 0.25) is 0 Å². The molecule has 1 saturated carbocycles. The van der Waals surface area contributed by atoms with E-state index in [-0.39, 0.29) is 5.41 Å². The molecule has 0 bridgehead atoms. The lowest BCUT2D eigenvalue weighted by Gasteiger charge is -2.59. The third-order valence-electron chi connectivity index (χ3n) is 7.80. The maximum Gasteiger partial charge on any atom is 0.167 e. The van der Waals surface area contributed by atoms with Crippen molar-refractivity contribution in [3.8, 4) is 17.2 Å². The zero-order chi connectivity index (χ0) is 22.5. The Bertz CT molecular complexity index is 1180. The first-order chi connectivity index (χ1) is 15.5. The molecule has 1 fully saturated rings. The predicted octanol–water partition coefficient (Wildman–Crippen LogP) is 4.87. The van der Waals surface area contributed by atoms with Crippen molar-refractivity contribution in [2.24, 2.45) is 9.98 Å². The van der Waals surface area contributed by atoms with Gasteiger partial charge in [0.25, 0.3) is 0 Å². The molecule has 3 aliphatic rings. The van der Waals surface area contributed by atoms with Gasteiger partial charge in [-0.25, -0.2) is 0 Å². The van der Waals surface area contributed by atoms with Crippen molar-refractivity contribution >= 4 is 11.5 Å². The number of fused-ring (bicyclic) bond motifs is 4. The van der Waals surface area contributed by atoms with Crippen molar-refractivity contribution in [3.63, 3.8) is 0 Å². The van der Waals surface area contributed by atoms with E-state index in [1.165, 1.54) is 16.7 Å². The summed E-state index contributed by atoms with van der Waals surface area (Å²) in [5.41, 5.74) is 7.21. The third kappa shape index (κ3) is 2.79. The highest BCUT2D eigenvalue weighted by Gasteiger charge is 2.66. The van der Waals surface area contributed by atoms with Gasteiger partial charge < -0.3 is 10.1 Å². The molecular weight excluding hydrogens is 396 g/mol. The number of nitrogens with zero attached hydrogens (tertiary/aromatic N) is 3. The second kappa shape index (κ2) is 7.56. The number of nitrogens with one attached hydrogen (secondary N) is 1. The van der Waals surface area contributed by atoms with E-state index >= 15 is 0 Å². The Morgan fingerprint density at radius 2 is 1.94 bits per heavy atom. The smallest absolute Gasteiger partial charge is 0.167 e. The van der Waals surface area contributed by atoms with Crippen molar-refractivity contribution in [2.45, 2.75) is 63.1 Å². The molecule has 2 aromatic rings. The molecule has 1 atom stereocenters. The number of methoxy groups -OCH3 is 1. The molecule has 2 aliphatic carbocycles. The molecule has 0 aromatic heterocycles. The molecule has 5 rings (SSSR count). The second-order valence-electron chi connectivity index (χ2n) is 9.27. The van der Waals surface area contributed by atoms with Gasteiger partial charge in [0.05, 0.1) is 23.4 Å². The zero-order valence-corrected chi connectivity index (χ0v) is 19.3. The van der Waals surface area contributed by atoms with Crippen LogP contribution in [0.4, 0.5) is 0 Å². The van der Waals surface area contributed by atoms with Gasteiger partial charge in [-0.2, -0.15) is 5.26 Å². The van der Waals surface area contributed by atoms with E-state index in [1.807, 2.05) is 33.2 Å². The average Bonchev–Trinajstić information content (AvgIpc) is 3.22.